The molecule has 3 aromatic heterocycles. The number of nitrogens with one attached hydrogen (secondary N) is 1. The van der Waals surface area contributed by atoms with E-state index in [2.05, 4.69) is 10.3 Å². The van der Waals surface area contributed by atoms with E-state index in [1.807, 2.05) is 48.7 Å². The molecule has 0 aliphatic heterocycles. The van der Waals surface area contributed by atoms with Crippen LogP contribution >= 0.6 is 11.3 Å². The number of rotatable bonds is 3. The zero-order chi connectivity index (χ0) is 15.8. The molecule has 0 spiro atoms. The first kappa shape index (κ1) is 13.8. The Bertz CT molecular complexity index is 963. The zero-order valence-corrected chi connectivity index (χ0v) is 13.0. The van der Waals surface area contributed by atoms with Crippen molar-refractivity contribution in [2.24, 2.45) is 0 Å². The minimum absolute atomic E-state index is 0.261. The van der Waals surface area contributed by atoms with Crippen LogP contribution in [0.3, 0.4) is 0 Å². The molecule has 0 fully saturated rings. The van der Waals surface area contributed by atoms with E-state index >= 15 is 0 Å². The van der Waals surface area contributed by atoms with E-state index in [1.54, 1.807) is 6.07 Å². The van der Waals surface area contributed by atoms with Crippen molar-refractivity contribution in [2.45, 2.75) is 6.92 Å². The smallest absolute Gasteiger partial charge is 0.293 e. The molecular weight excluding hydrogens is 312 g/mol. The number of fused-ring (bicyclic) bond motifs is 1. The van der Waals surface area contributed by atoms with Gasteiger partial charge in [0.25, 0.3) is 5.91 Å². The summed E-state index contributed by atoms with van der Waals surface area (Å²) in [5, 5.41) is 5.98. The monoisotopic (exact) mass is 324 g/mol. The number of carbonyl (C=O) groups is 1. The summed E-state index contributed by atoms with van der Waals surface area (Å²) < 4.78 is 11.1. The van der Waals surface area contributed by atoms with Crippen molar-refractivity contribution < 1.29 is 13.6 Å². The number of aryl methyl sites for hydroxylation is 1. The summed E-state index contributed by atoms with van der Waals surface area (Å²) in [6.07, 6.45) is 0. The zero-order valence-electron chi connectivity index (χ0n) is 12.2. The fourth-order valence-corrected chi connectivity index (χ4v) is 2.96. The second-order valence-corrected chi connectivity index (χ2v) is 5.91. The Morgan fingerprint density at radius 3 is 2.83 bits per heavy atom. The molecule has 1 aromatic carbocycles. The number of furan rings is 2. The molecule has 23 heavy (non-hydrogen) atoms. The molecule has 0 unspecified atom stereocenters. The van der Waals surface area contributed by atoms with E-state index in [4.69, 9.17) is 8.83 Å². The number of hydrogen-bond donors (Lipinski definition) is 1. The molecule has 0 atom stereocenters. The highest BCUT2D eigenvalue weighted by Gasteiger charge is 2.15. The van der Waals surface area contributed by atoms with Gasteiger partial charge in [0.15, 0.2) is 16.7 Å². The number of thiazole rings is 1. The van der Waals surface area contributed by atoms with Crippen molar-refractivity contribution in [3.05, 3.63) is 59.4 Å². The first-order valence-electron chi connectivity index (χ1n) is 7.01. The molecule has 5 nitrogen and oxygen atoms in total. The van der Waals surface area contributed by atoms with Crippen molar-refractivity contribution in [3.8, 4) is 11.5 Å². The van der Waals surface area contributed by atoms with Crippen LogP contribution in [0.15, 0.2) is 56.7 Å². The van der Waals surface area contributed by atoms with Gasteiger partial charge >= 0.3 is 0 Å². The van der Waals surface area contributed by atoms with Crippen LogP contribution in [-0.4, -0.2) is 10.9 Å². The summed E-state index contributed by atoms with van der Waals surface area (Å²) in [4.78, 5) is 16.6. The van der Waals surface area contributed by atoms with Gasteiger partial charge in [0.2, 0.25) is 0 Å². The summed E-state index contributed by atoms with van der Waals surface area (Å²) in [5.74, 6) is 1.44. The molecular formula is C17H12N2O3S. The Labute approximate surface area is 135 Å². The normalized spacial score (nSPS) is 11.0. The molecule has 0 radical (unpaired) electrons. The van der Waals surface area contributed by atoms with E-state index in [1.165, 1.54) is 11.3 Å². The van der Waals surface area contributed by atoms with Crippen LogP contribution < -0.4 is 5.32 Å². The number of aromatic nitrogens is 1. The number of carbonyl (C=O) groups excluding carboxylic acids is 1. The van der Waals surface area contributed by atoms with Gasteiger partial charge < -0.3 is 8.83 Å². The van der Waals surface area contributed by atoms with Gasteiger partial charge in [-0.15, -0.1) is 11.3 Å². The van der Waals surface area contributed by atoms with Crippen LogP contribution in [0, 0.1) is 6.92 Å². The molecule has 3 heterocycles. The summed E-state index contributed by atoms with van der Waals surface area (Å²) in [6.45, 7) is 1.88. The van der Waals surface area contributed by atoms with Crippen LogP contribution in [0.1, 0.15) is 16.3 Å². The van der Waals surface area contributed by atoms with Crippen molar-refractivity contribution in [1.29, 1.82) is 0 Å². The fraction of sp³-hybridized carbons (Fsp3) is 0.0588. The lowest BCUT2D eigenvalue weighted by Crippen LogP contribution is -2.10. The number of hydrogen-bond acceptors (Lipinski definition) is 5. The average Bonchev–Trinajstić information content (AvgIpc) is 3.25. The van der Waals surface area contributed by atoms with Gasteiger partial charge in [-0.3, -0.25) is 10.1 Å². The summed E-state index contributed by atoms with van der Waals surface area (Å²) in [7, 11) is 0. The Kier molecular flexibility index (Phi) is 3.24. The Hall–Kier alpha value is -2.86. The molecule has 114 valence electrons. The van der Waals surface area contributed by atoms with E-state index < -0.39 is 0 Å². The minimum atomic E-state index is -0.322. The van der Waals surface area contributed by atoms with E-state index in [9.17, 15) is 4.79 Å². The molecule has 4 rings (SSSR count). The van der Waals surface area contributed by atoms with Crippen LogP contribution in [0.4, 0.5) is 5.13 Å². The lowest BCUT2D eigenvalue weighted by Gasteiger charge is -1.97. The van der Waals surface area contributed by atoms with Gasteiger partial charge in [-0.05, 0) is 31.2 Å². The SMILES string of the molecule is Cc1ccc(-c2csc(NC(=O)c3cc4ccccc4o3)n2)o1. The molecule has 0 bridgehead atoms. The lowest BCUT2D eigenvalue weighted by molar-refractivity contribution is 0.0998. The highest BCUT2D eigenvalue weighted by Crippen LogP contribution is 2.27. The third kappa shape index (κ3) is 2.64. The topological polar surface area (TPSA) is 68.3 Å². The number of amides is 1. The van der Waals surface area contributed by atoms with Crippen molar-refractivity contribution >= 4 is 33.3 Å². The van der Waals surface area contributed by atoms with Crippen LogP contribution in [0.5, 0.6) is 0 Å². The second kappa shape index (κ2) is 5.40. The van der Waals surface area contributed by atoms with Crippen molar-refractivity contribution in [1.82, 2.24) is 4.98 Å². The van der Waals surface area contributed by atoms with E-state index in [0.717, 1.165) is 11.1 Å². The van der Waals surface area contributed by atoms with Gasteiger partial charge in [-0.1, -0.05) is 18.2 Å². The molecule has 0 saturated heterocycles. The molecule has 0 aliphatic carbocycles. The Morgan fingerprint density at radius 1 is 1.17 bits per heavy atom. The lowest BCUT2D eigenvalue weighted by atomic mass is 10.2. The van der Waals surface area contributed by atoms with Gasteiger partial charge in [0.05, 0.1) is 0 Å². The number of anilines is 1. The largest absolute Gasteiger partial charge is 0.460 e. The summed E-state index contributed by atoms with van der Waals surface area (Å²) in [5.41, 5.74) is 1.38. The van der Waals surface area contributed by atoms with Crippen molar-refractivity contribution in [3.63, 3.8) is 0 Å². The molecule has 0 aliphatic rings. The molecule has 4 aromatic rings. The molecule has 1 amide bonds. The quantitative estimate of drug-likeness (QED) is 0.592. The molecule has 1 N–H and O–H groups in total. The number of para-hydroxylation sites is 1. The van der Waals surface area contributed by atoms with Crippen LogP contribution in [0.25, 0.3) is 22.4 Å². The maximum Gasteiger partial charge on any atom is 0.293 e. The predicted octanol–water partition coefficient (Wildman–Crippen LogP) is 4.71. The number of benzene rings is 1. The van der Waals surface area contributed by atoms with E-state index in [-0.39, 0.29) is 11.7 Å². The molecule has 0 saturated carbocycles. The first-order valence-corrected chi connectivity index (χ1v) is 7.89. The second-order valence-electron chi connectivity index (χ2n) is 5.05. The highest BCUT2D eigenvalue weighted by atomic mass is 32.1. The Morgan fingerprint density at radius 2 is 2.04 bits per heavy atom. The number of nitrogens with zero attached hydrogens (tertiary/aromatic N) is 1. The fourth-order valence-electron chi connectivity index (χ4n) is 2.27. The van der Waals surface area contributed by atoms with E-state index in [0.29, 0.717) is 22.2 Å². The third-order valence-electron chi connectivity index (χ3n) is 3.37. The minimum Gasteiger partial charge on any atom is -0.460 e. The summed E-state index contributed by atoms with van der Waals surface area (Å²) >= 11 is 1.34. The van der Waals surface area contributed by atoms with Gasteiger partial charge in [0, 0.05) is 10.8 Å². The summed E-state index contributed by atoms with van der Waals surface area (Å²) in [6, 6.07) is 12.9. The predicted molar refractivity (Wildman–Crippen MR) is 88.7 cm³/mol. The maximum atomic E-state index is 12.3. The first-order chi connectivity index (χ1) is 11.2. The van der Waals surface area contributed by atoms with Gasteiger partial charge in [0.1, 0.15) is 17.0 Å². The Balaban J connectivity index is 1.55. The maximum absolute atomic E-state index is 12.3. The van der Waals surface area contributed by atoms with Crippen LogP contribution in [0.2, 0.25) is 0 Å². The van der Waals surface area contributed by atoms with Gasteiger partial charge in [-0.25, -0.2) is 4.98 Å². The standard InChI is InChI=1S/C17H12N2O3S/c1-10-6-7-14(21-10)12-9-23-17(18-12)19-16(20)15-8-11-4-2-3-5-13(11)22-15/h2-9H,1H3,(H,18,19,20). The molecule has 6 heteroatoms. The van der Waals surface area contributed by atoms with Gasteiger partial charge in [-0.2, -0.15) is 0 Å². The average molecular weight is 324 g/mol. The van der Waals surface area contributed by atoms with Crippen molar-refractivity contribution in [2.75, 3.05) is 5.32 Å². The highest BCUT2D eigenvalue weighted by molar-refractivity contribution is 7.14. The third-order valence-corrected chi connectivity index (χ3v) is 4.12. The van der Waals surface area contributed by atoms with Crippen LogP contribution in [-0.2, 0) is 0 Å².